The first kappa shape index (κ1) is 22.7. The predicted molar refractivity (Wildman–Crippen MR) is 121 cm³/mol. The lowest BCUT2D eigenvalue weighted by atomic mass is 9.82. The van der Waals surface area contributed by atoms with Gasteiger partial charge in [-0.1, -0.05) is 23.7 Å². The third-order valence-electron chi connectivity index (χ3n) is 6.48. The van der Waals surface area contributed by atoms with E-state index in [2.05, 4.69) is 27.2 Å². The van der Waals surface area contributed by atoms with Crippen LogP contribution in [0.1, 0.15) is 42.9 Å². The molecule has 1 aromatic heterocycles. The van der Waals surface area contributed by atoms with Crippen molar-refractivity contribution in [1.29, 1.82) is 0 Å². The van der Waals surface area contributed by atoms with Gasteiger partial charge in [-0.15, -0.1) is 0 Å². The minimum Gasteiger partial charge on any atom is -0.374 e. The van der Waals surface area contributed by atoms with Crippen LogP contribution >= 0.6 is 11.6 Å². The molecule has 0 amide bonds. The second-order valence-corrected chi connectivity index (χ2v) is 11.6. The van der Waals surface area contributed by atoms with E-state index in [1.807, 2.05) is 25.4 Å². The number of halogens is 1. The van der Waals surface area contributed by atoms with Gasteiger partial charge in [-0.2, -0.15) is 15.0 Å². The van der Waals surface area contributed by atoms with Crippen molar-refractivity contribution >= 4 is 21.4 Å². The summed E-state index contributed by atoms with van der Waals surface area (Å²) in [7, 11) is -1.23. The number of morpholine rings is 1. The SMILES string of the molecule is Cn1ncc(C2CCC(N3C[C@H](CS(C)(=O)=O)OC[C@@H]3Cc3ccc(Cl)cc3)CC2)n1. The van der Waals surface area contributed by atoms with Crippen LogP contribution in [0.4, 0.5) is 0 Å². The monoisotopic (exact) mass is 466 g/mol. The number of rotatable bonds is 6. The summed E-state index contributed by atoms with van der Waals surface area (Å²) in [5, 5.41) is 9.45. The van der Waals surface area contributed by atoms with Gasteiger partial charge in [0, 0.05) is 42.9 Å². The topological polar surface area (TPSA) is 77.3 Å². The summed E-state index contributed by atoms with van der Waals surface area (Å²) < 4.78 is 29.7. The fourth-order valence-corrected chi connectivity index (χ4v) is 5.99. The van der Waals surface area contributed by atoms with Crippen LogP contribution in [0.3, 0.4) is 0 Å². The van der Waals surface area contributed by atoms with Gasteiger partial charge in [0.25, 0.3) is 0 Å². The first-order valence-corrected chi connectivity index (χ1v) is 13.4. The molecule has 1 aliphatic carbocycles. The van der Waals surface area contributed by atoms with Gasteiger partial charge >= 0.3 is 0 Å². The zero-order valence-corrected chi connectivity index (χ0v) is 19.7. The minimum absolute atomic E-state index is 0.0755. The molecule has 2 aliphatic rings. The molecular weight excluding hydrogens is 436 g/mol. The summed E-state index contributed by atoms with van der Waals surface area (Å²) in [5.74, 6) is 0.527. The predicted octanol–water partition coefficient (Wildman–Crippen LogP) is 2.85. The number of nitrogens with zero attached hydrogens (tertiary/aromatic N) is 4. The second kappa shape index (κ2) is 9.57. The highest BCUT2D eigenvalue weighted by Crippen LogP contribution is 2.35. The molecule has 1 saturated carbocycles. The van der Waals surface area contributed by atoms with Crippen LogP contribution in [-0.4, -0.2) is 71.7 Å². The van der Waals surface area contributed by atoms with E-state index < -0.39 is 9.84 Å². The summed E-state index contributed by atoms with van der Waals surface area (Å²) in [4.78, 5) is 4.14. The molecule has 0 unspecified atom stereocenters. The van der Waals surface area contributed by atoms with E-state index >= 15 is 0 Å². The van der Waals surface area contributed by atoms with Crippen LogP contribution in [0.25, 0.3) is 0 Å². The molecular formula is C22H31ClN4O3S. The maximum absolute atomic E-state index is 11.9. The number of ether oxygens (including phenoxy) is 1. The van der Waals surface area contributed by atoms with Crippen molar-refractivity contribution in [3.8, 4) is 0 Å². The molecule has 7 nitrogen and oxygen atoms in total. The summed E-state index contributed by atoms with van der Waals surface area (Å²) in [6.07, 6.45) is 8.06. The Morgan fingerprint density at radius 1 is 1.16 bits per heavy atom. The van der Waals surface area contributed by atoms with Gasteiger partial charge in [0.2, 0.25) is 0 Å². The van der Waals surface area contributed by atoms with Crippen molar-refractivity contribution in [3.05, 3.63) is 46.7 Å². The maximum atomic E-state index is 11.9. The van der Waals surface area contributed by atoms with E-state index in [0.29, 0.717) is 25.1 Å². The summed E-state index contributed by atoms with van der Waals surface area (Å²) >= 11 is 6.05. The van der Waals surface area contributed by atoms with E-state index in [9.17, 15) is 8.42 Å². The zero-order chi connectivity index (χ0) is 22.0. The number of aromatic nitrogens is 3. The van der Waals surface area contributed by atoms with E-state index in [-0.39, 0.29) is 17.9 Å². The smallest absolute Gasteiger partial charge is 0.150 e. The third-order valence-corrected chi connectivity index (χ3v) is 7.71. The van der Waals surface area contributed by atoms with Gasteiger partial charge in [-0.05, 0) is 49.8 Å². The minimum atomic E-state index is -3.09. The van der Waals surface area contributed by atoms with Crippen LogP contribution in [0, 0.1) is 0 Å². The number of benzene rings is 1. The molecule has 1 saturated heterocycles. The van der Waals surface area contributed by atoms with Crippen molar-refractivity contribution in [2.75, 3.05) is 25.2 Å². The number of hydrogen-bond acceptors (Lipinski definition) is 6. The standard InChI is InChI=1S/C22H31ClN4O3S/c1-26-24-12-22(25-26)17-5-9-19(10-6-17)27-13-21(15-31(2,28)29)30-14-20(27)11-16-3-7-18(23)8-4-16/h3-4,7-8,12,17,19-21H,5-6,9-11,13-15H2,1-2H3/t17?,19?,20-,21+/m0/s1. The van der Waals surface area contributed by atoms with Gasteiger partial charge in [-0.3, -0.25) is 4.90 Å². The normalized spacial score (nSPS) is 28.0. The number of hydrogen-bond donors (Lipinski definition) is 0. The second-order valence-electron chi connectivity index (χ2n) is 8.99. The summed E-state index contributed by atoms with van der Waals surface area (Å²) in [6.45, 7) is 1.21. The molecule has 1 aromatic carbocycles. The Morgan fingerprint density at radius 2 is 1.87 bits per heavy atom. The average Bonchev–Trinajstić information content (AvgIpc) is 3.16. The van der Waals surface area contributed by atoms with Crippen LogP contribution in [0.5, 0.6) is 0 Å². The first-order chi connectivity index (χ1) is 14.8. The Balaban J connectivity index is 1.45. The molecule has 9 heteroatoms. The Labute approximate surface area is 189 Å². The lowest BCUT2D eigenvalue weighted by Gasteiger charge is -2.46. The van der Waals surface area contributed by atoms with Gasteiger partial charge < -0.3 is 4.74 Å². The molecule has 2 aromatic rings. The molecule has 0 bridgehead atoms. The highest BCUT2D eigenvalue weighted by molar-refractivity contribution is 7.90. The lowest BCUT2D eigenvalue weighted by Crippen LogP contribution is -2.56. The number of sulfone groups is 1. The Hall–Kier alpha value is -1.48. The molecule has 2 atom stereocenters. The van der Waals surface area contributed by atoms with Crippen LogP contribution < -0.4 is 0 Å². The highest BCUT2D eigenvalue weighted by atomic mass is 35.5. The molecule has 2 fully saturated rings. The Bertz CT molecular complexity index is 971. The van der Waals surface area contributed by atoms with Gasteiger partial charge in [0.1, 0.15) is 9.84 Å². The van der Waals surface area contributed by atoms with E-state index in [1.54, 1.807) is 4.80 Å². The fraction of sp³-hybridized carbons (Fsp3) is 0.636. The third kappa shape index (κ3) is 6.06. The van der Waals surface area contributed by atoms with Gasteiger partial charge in [0.05, 0.1) is 30.4 Å². The molecule has 4 rings (SSSR count). The molecule has 31 heavy (non-hydrogen) atoms. The van der Waals surface area contributed by atoms with Crippen molar-refractivity contribution < 1.29 is 13.2 Å². The maximum Gasteiger partial charge on any atom is 0.150 e. The van der Waals surface area contributed by atoms with Crippen LogP contribution in [0.2, 0.25) is 5.02 Å². The summed E-state index contributed by atoms with van der Waals surface area (Å²) in [5.41, 5.74) is 2.30. The van der Waals surface area contributed by atoms with Crippen LogP contribution in [-0.2, 0) is 28.0 Å². The van der Waals surface area contributed by atoms with Crippen molar-refractivity contribution in [1.82, 2.24) is 19.9 Å². The Morgan fingerprint density at radius 3 is 2.48 bits per heavy atom. The number of aryl methyl sites for hydroxylation is 1. The highest BCUT2D eigenvalue weighted by Gasteiger charge is 2.37. The van der Waals surface area contributed by atoms with Gasteiger partial charge in [-0.25, -0.2) is 8.42 Å². The van der Waals surface area contributed by atoms with E-state index in [4.69, 9.17) is 16.3 Å². The zero-order valence-electron chi connectivity index (χ0n) is 18.2. The van der Waals surface area contributed by atoms with Crippen molar-refractivity contribution in [2.45, 2.75) is 56.2 Å². The quantitative estimate of drug-likeness (QED) is 0.651. The lowest BCUT2D eigenvalue weighted by molar-refractivity contribution is -0.0755. The van der Waals surface area contributed by atoms with Crippen molar-refractivity contribution in [3.63, 3.8) is 0 Å². The molecule has 0 N–H and O–H groups in total. The summed E-state index contributed by atoms with van der Waals surface area (Å²) in [6, 6.07) is 8.63. The fourth-order valence-electron chi connectivity index (χ4n) is 4.99. The van der Waals surface area contributed by atoms with Gasteiger partial charge in [0.15, 0.2) is 0 Å². The largest absolute Gasteiger partial charge is 0.374 e. The molecule has 0 spiro atoms. The molecule has 0 radical (unpaired) electrons. The van der Waals surface area contributed by atoms with Crippen LogP contribution in [0.15, 0.2) is 30.5 Å². The Kier molecular flexibility index (Phi) is 7.01. The van der Waals surface area contributed by atoms with Crippen molar-refractivity contribution in [2.24, 2.45) is 7.05 Å². The van der Waals surface area contributed by atoms with E-state index in [0.717, 1.165) is 42.8 Å². The van der Waals surface area contributed by atoms with E-state index in [1.165, 1.54) is 11.8 Å². The first-order valence-electron chi connectivity index (χ1n) is 10.9. The molecule has 2 heterocycles. The molecule has 1 aliphatic heterocycles. The average molecular weight is 467 g/mol. The molecule has 170 valence electrons.